The van der Waals surface area contributed by atoms with Crippen molar-refractivity contribution in [1.29, 1.82) is 0 Å². The van der Waals surface area contributed by atoms with Crippen LogP contribution in [0.2, 0.25) is 0 Å². The quantitative estimate of drug-likeness (QED) is 0.582. The average Bonchev–Trinajstić information content (AvgIpc) is 2.57. The molecule has 0 bridgehead atoms. The van der Waals surface area contributed by atoms with E-state index in [-0.39, 0.29) is 24.3 Å². The van der Waals surface area contributed by atoms with Gasteiger partial charge in [-0.1, -0.05) is 0 Å². The normalized spacial score (nSPS) is 10.6. The molecule has 24 heavy (non-hydrogen) atoms. The number of hydrogen-bond acceptors (Lipinski definition) is 9. The summed E-state index contributed by atoms with van der Waals surface area (Å²) in [5, 5.41) is 0. The van der Waals surface area contributed by atoms with Gasteiger partial charge in [0, 0.05) is 12.1 Å². The number of carbonyl (C=O) groups excluding carboxylic acids is 1. The summed E-state index contributed by atoms with van der Waals surface area (Å²) >= 11 is 0. The van der Waals surface area contributed by atoms with Crippen LogP contribution in [0.4, 0.5) is 11.9 Å². The van der Waals surface area contributed by atoms with Gasteiger partial charge in [0.15, 0.2) is 12.4 Å². The van der Waals surface area contributed by atoms with Gasteiger partial charge in [-0.2, -0.15) is 15.0 Å². The molecule has 1 aromatic heterocycles. The highest BCUT2D eigenvalue weighted by Crippen LogP contribution is 2.23. The number of benzene rings is 1. The van der Waals surface area contributed by atoms with E-state index in [0.717, 1.165) is 5.56 Å². The first kappa shape index (κ1) is 17.0. The molecule has 0 saturated heterocycles. The molecule has 0 fully saturated rings. The molecule has 126 valence electrons. The van der Waals surface area contributed by atoms with E-state index >= 15 is 0 Å². The maximum Gasteiger partial charge on any atom is 0.331 e. The van der Waals surface area contributed by atoms with Gasteiger partial charge in [-0.25, -0.2) is 4.79 Å². The Balaban J connectivity index is 2.00. The molecule has 9 nitrogen and oxygen atoms in total. The van der Waals surface area contributed by atoms with Crippen LogP contribution in [0.5, 0.6) is 11.5 Å². The van der Waals surface area contributed by atoms with Gasteiger partial charge < -0.3 is 25.7 Å². The van der Waals surface area contributed by atoms with Crippen molar-refractivity contribution in [2.24, 2.45) is 0 Å². The van der Waals surface area contributed by atoms with E-state index in [4.69, 9.17) is 25.7 Å². The Hall–Kier alpha value is -3.36. The van der Waals surface area contributed by atoms with Gasteiger partial charge in [0.1, 0.15) is 11.5 Å². The molecule has 0 spiro atoms. The summed E-state index contributed by atoms with van der Waals surface area (Å²) in [6, 6.07) is 5.23. The monoisotopic (exact) mass is 331 g/mol. The van der Waals surface area contributed by atoms with E-state index in [1.54, 1.807) is 38.5 Å². The number of rotatable bonds is 6. The van der Waals surface area contributed by atoms with E-state index in [0.29, 0.717) is 11.5 Å². The number of carbonyl (C=O) groups is 1. The maximum atomic E-state index is 11.8. The molecule has 0 atom stereocenters. The molecule has 9 heteroatoms. The lowest BCUT2D eigenvalue weighted by molar-refractivity contribution is -0.139. The van der Waals surface area contributed by atoms with E-state index in [2.05, 4.69) is 15.0 Å². The molecule has 0 unspecified atom stereocenters. The number of methoxy groups -OCH3 is 2. The summed E-state index contributed by atoms with van der Waals surface area (Å²) in [4.78, 5) is 23.0. The fourth-order valence-electron chi connectivity index (χ4n) is 1.80. The molecule has 0 amide bonds. The van der Waals surface area contributed by atoms with Crippen LogP contribution in [0.15, 0.2) is 24.3 Å². The molecule has 4 N–H and O–H groups in total. The van der Waals surface area contributed by atoms with Crippen molar-refractivity contribution in [1.82, 2.24) is 15.0 Å². The number of ether oxygens (including phenoxy) is 3. The summed E-state index contributed by atoms with van der Waals surface area (Å²) < 4.78 is 15.3. The number of esters is 1. The van der Waals surface area contributed by atoms with Crippen LogP contribution >= 0.6 is 0 Å². The Morgan fingerprint density at radius 2 is 1.62 bits per heavy atom. The van der Waals surface area contributed by atoms with Crippen LogP contribution in [0.25, 0.3) is 6.08 Å². The minimum Gasteiger partial charge on any atom is -0.497 e. The average molecular weight is 331 g/mol. The summed E-state index contributed by atoms with van der Waals surface area (Å²) in [6.45, 7) is -0.165. The molecule has 2 rings (SSSR count). The van der Waals surface area contributed by atoms with Gasteiger partial charge in [0.05, 0.1) is 14.2 Å². The van der Waals surface area contributed by atoms with E-state index in [9.17, 15) is 4.79 Å². The maximum absolute atomic E-state index is 11.8. The van der Waals surface area contributed by atoms with Crippen LogP contribution in [0, 0.1) is 0 Å². The molecule has 0 radical (unpaired) electrons. The first-order valence-electron chi connectivity index (χ1n) is 6.84. The number of nitrogens with zero attached hydrogens (tertiary/aromatic N) is 3. The summed E-state index contributed by atoms with van der Waals surface area (Å²) in [7, 11) is 3.09. The lowest BCUT2D eigenvalue weighted by atomic mass is 10.2. The molecule has 0 aliphatic heterocycles. The predicted octanol–water partition coefficient (Wildman–Crippen LogP) is 0.810. The van der Waals surface area contributed by atoms with Gasteiger partial charge in [0.25, 0.3) is 0 Å². The third-order valence-electron chi connectivity index (χ3n) is 2.85. The third-order valence-corrected chi connectivity index (χ3v) is 2.85. The Morgan fingerprint density at radius 1 is 1.04 bits per heavy atom. The lowest BCUT2D eigenvalue weighted by Gasteiger charge is -2.06. The zero-order valence-corrected chi connectivity index (χ0v) is 13.2. The zero-order valence-electron chi connectivity index (χ0n) is 13.2. The summed E-state index contributed by atoms with van der Waals surface area (Å²) in [6.07, 6.45) is 2.84. The van der Waals surface area contributed by atoms with Crippen molar-refractivity contribution in [3.63, 3.8) is 0 Å². The van der Waals surface area contributed by atoms with Crippen molar-refractivity contribution in [2.45, 2.75) is 6.61 Å². The van der Waals surface area contributed by atoms with Crippen molar-refractivity contribution in [3.8, 4) is 11.5 Å². The molecule has 2 aromatic rings. The van der Waals surface area contributed by atoms with Crippen LogP contribution in [-0.4, -0.2) is 35.1 Å². The number of aromatic nitrogens is 3. The molecule has 0 saturated carbocycles. The second-order valence-electron chi connectivity index (χ2n) is 4.56. The largest absolute Gasteiger partial charge is 0.497 e. The Morgan fingerprint density at radius 3 is 2.17 bits per heavy atom. The number of nitrogen functional groups attached to an aromatic ring is 2. The fourth-order valence-corrected chi connectivity index (χ4v) is 1.80. The van der Waals surface area contributed by atoms with Gasteiger partial charge in [-0.15, -0.1) is 0 Å². The zero-order chi connectivity index (χ0) is 17.5. The molecule has 1 aromatic carbocycles. The highest BCUT2D eigenvalue weighted by Gasteiger charge is 2.05. The molecule has 0 aliphatic carbocycles. The standard InChI is InChI=1S/C15H17N5O4/c1-22-10-5-9(6-11(7-10)23-2)3-4-13(21)24-8-12-18-14(16)20-15(17)19-12/h3-7H,8H2,1-2H3,(H4,16,17,18,19,20)/b4-3+. The van der Waals surface area contributed by atoms with E-state index in [1.165, 1.54) is 6.08 Å². The van der Waals surface area contributed by atoms with Gasteiger partial charge >= 0.3 is 5.97 Å². The van der Waals surface area contributed by atoms with Gasteiger partial charge in [-0.05, 0) is 23.8 Å². The SMILES string of the molecule is COc1cc(/C=C/C(=O)OCc2nc(N)nc(N)n2)cc(OC)c1. The first-order valence-corrected chi connectivity index (χ1v) is 6.84. The van der Waals surface area contributed by atoms with Crippen LogP contribution in [0.1, 0.15) is 11.4 Å². The topological polar surface area (TPSA) is 135 Å². The molecule has 0 aliphatic rings. The molecular weight excluding hydrogens is 314 g/mol. The lowest BCUT2D eigenvalue weighted by Crippen LogP contribution is -2.09. The third kappa shape index (κ3) is 4.83. The summed E-state index contributed by atoms with van der Waals surface area (Å²) in [5.41, 5.74) is 11.6. The van der Waals surface area contributed by atoms with Crippen molar-refractivity contribution >= 4 is 23.9 Å². The number of nitrogens with two attached hydrogens (primary N) is 2. The van der Waals surface area contributed by atoms with Crippen molar-refractivity contribution < 1.29 is 19.0 Å². The Kier molecular flexibility index (Phi) is 5.50. The number of hydrogen-bond donors (Lipinski definition) is 2. The molecule has 1 heterocycles. The van der Waals surface area contributed by atoms with E-state index < -0.39 is 5.97 Å². The predicted molar refractivity (Wildman–Crippen MR) is 87.0 cm³/mol. The van der Waals surface area contributed by atoms with Crippen LogP contribution < -0.4 is 20.9 Å². The second-order valence-corrected chi connectivity index (χ2v) is 4.56. The minimum atomic E-state index is -0.575. The second kappa shape index (κ2) is 7.77. The highest BCUT2D eigenvalue weighted by atomic mass is 16.5. The fraction of sp³-hybridized carbons (Fsp3) is 0.200. The number of anilines is 2. The van der Waals surface area contributed by atoms with Gasteiger partial charge in [0.2, 0.25) is 11.9 Å². The first-order chi connectivity index (χ1) is 11.5. The summed E-state index contributed by atoms with van der Waals surface area (Å²) in [5.74, 6) is 0.747. The van der Waals surface area contributed by atoms with E-state index in [1.807, 2.05) is 0 Å². The minimum absolute atomic E-state index is 0.0347. The highest BCUT2D eigenvalue weighted by molar-refractivity contribution is 5.87. The van der Waals surface area contributed by atoms with Crippen LogP contribution in [-0.2, 0) is 16.1 Å². The van der Waals surface area contributed by atoms with Crippen LogP contribution in [0.3, 0.4) is 0 Å². The molecular formula is C15H17N5O4. The Labute approximate surface area is 138 Å². The Bertz CT molecular complexity index is 721. The smallest absolute Gasteiger partial charge is 0.331 e. The van der Waals surface area contributed by atoms with Crippen molar-refractivity contribution in [3.05, 3.63) is 35.7 Å². The van der Waals surface area contributed by atoms with Crippen molar-refractivity contribution in [2.75, 3.05) is 25.7 Å². The van der Waals surface area contributed by atoms with Gasteiger partial charge in [-0.3, -0.25) is 0 Å².